The Bertz CT molecular complexity index is 1210. The Hall–Kier alpha value is -3.00. The first-order chi connectivity index (χ1) is 13.0. The summed E-state index contributed by atoms with van der Waals surface area (Å²) in [6.07, 6.45) is 1.50. The summed E-state index contributed by atoms with van der Waals surface area (Å²) >= 11 is 0. The minimum Gasteiger partial charge on any atom is -0.294 e. The van der Waals surface area contributed by atoms with Crippen molar-refractivity contribution >= 4 is 27.5 Å². The minimum absolute atomic E-state index is 0.0227. The number of carbonyl (C=O) groups excluding carboxylic acids is 1. The third kappa shape index (κ3) is 2.56. The van der Waals surface area contributed by atoms with E-state index in [2.05, 4.69) is 85.1 Å². The molecule has 2 nitrogen and oxygen atoms in total. The lowest BCUT2D eigenvalue weighted by atomic mass is 9.75. The van der Waals surface area contributed by atoms with Gasteiger partial charge < -0.3 is 0 Å². The summed E-state index contributed by atoms with van der Waals surface area (Å²) in [4.78, 5) is 13.1. The molecule has 4 aromatic rings. The van der Waals surface area contributed by atoms with Crippen molar-refractivity contribution in [3.63, 3.8) is 0 Å². The van der Waals surface area contributed by atoms with Crippen molar-refractivity contribution in [1.82, 2.24) is 0 Å². The average molecular weight is 352 g/mol. The second kappa shape index (κ2) is 5.75. The number of pyridine rings is 1. The van der Waals surface area contributed by atoms with E-state index < -0.39 is 0 Å². The molecule has 0 saturated carbocycles. The van der Waals surface area contributed by atoms with Gasteiger partial charge in [0.2, 0.25) is 11.2 Å². The summed E-state index contributed by atoms with van der Waals surface area (Å²) in [6.45, 7) is 4.38. The summed E-state index contributed by atoms with van der Waals surface area (Å²) in [5.41, 5.74) is 4.25. The highest BCUT2D eigenvalue weighted by molar-refractivity contribution is 6.08. The maximum atomic E-state index is 13.1. The van der Waals surface area contributed by atoms with Gasteiger partial charge in [-0.2, -0.15) is 4.57 Å². The van der Waals surface area contributed by atoms with Crippen LogP contribution in [0.1, 0.15) is 36.3 Å². The van der Waals surface area contributed by atoms with Crippen LogP contribution in [0.3, 0.4) is 0 Å². The molecule has 1 aliphatic rings. The molecule has 27 heavy (non-hydrogen) atoms. The number of benzene rings is 3. The molecule has 0 radical (unpaired) electrons. The quantitative estimate of drug-likeness (QED) is 0.331. The smallest absolute Gasteiger partial charge is 0.219 e. The number of carbonyl (C=O) groups is 1. The van der Waals surface area contributed by atoms with Gasteiger partial charge in [-0.1, -0.05) is 56.3 Å². The van der Waals surface area contributed by atoms with Crippen LogP contribution in [-0.2, 0) is 6.42 Å². The van der Waals surface area contributed by atoms with Crippen LogP contribution in [0, 0.1) is 5.41 Å². The Labute approximate surface area is 159 Å². The second-order valence-electron chi connectivity index (χ2n) is 8.34. The van der Waals surface area contributed by atoms with Crippen LogP contribution in [-0.4, -0.2) is 5.78 Å². The first-order valence-corrected chi connectivity index (χ1v) is 9.52. The average Bonchev–Trinajstić information content (AvgIpc) is 2.66. The van der Waals surface area contributed by atoms with E-state index in [4.69, 9.17) is 0 Å². The zero-order chi connectivity index (χ0) is 18.6. The van der Waals surface area contributed by atoms with Crippen molar-refractivity contribution in [3.8, 4) is 5.69 Å². The maximum Gasteiger partial charge on any atom is 0.219 e. The first-order valence-electron chi connectivity index (χ1n) is 9.52. The lowest BCUT2D eigenvalue weighted by Gasteiger charge is -2.28. The molecule has 0 N–H and O–H groups in total. The Morgan fingerprint density at radius 1 is 0.815 bits per heavy atom. The van der Waals surface area contributed by atoms with Crippen molar-refractivity contribution in [2.45, 2.75) is 26.7 Å². The fourth-order valence-corrected chi connectivity index (χ4v) is 4.46. The van der Waals surface area contributed by atoms with Gasteiger partial charge in [0.25, 0.3) is 0 Å². The molecule has 0 atom stereocenters. The number of Topliss-reactive ketones (excluding diaryl/α,β-unsaturated/α-hetero) is 1. The van der Waals surface area contributed by atoms with Crippen LogP contribution >= 0.6 is 0 Å². The van der Waals surface area contributed by atoms with Crippen LogP contribution in [0.25, 0.3) is 27.4 Å². The lowest BCUT2D eigenvalue weighted by molar-refractivity contribution is -0.577. The number of hydrogen-bond acceptors (Lipinski definition) is 1. The molecule has 132 valence electrons. The van der Waals surface area contributed by atoms with E-state index >= 15 is 0 Å². The molecule has 1 aliphatic carbocycles. The third-order valence-electron chi connectivity index (χ3n) is 5.66. The number of hydrogen-bond donors (Lipinski definition) is 0. The highest BCUT2D eigenvalue weighted by Gasteiger charge is 2.38. The molecule has 2 heteroatoms. The van der Waals surface area contributed by atoms with Gasteiger partial charge in [-0.05, 0) is 28.3 Å². The van der Waals surface area contributed by atoms with Gasteiger partial charge in [-0.25, -0.2) is 0 Å². The highest BCUT2D eigenvalue weighted by Crippen LogP contribution is 2.36. The van der Waals surface area contributed by atoms with Crippen molar-refractivity contribution < 1.29 is 9.36 Å². The second-order valence-corrected chi connectivity index (χ2v) is 8.34. The molecule has 1 heterocycles. The van der Waals surface area contributed by atoms with Crippen LogP contribution in [0.5, 0.6) is 0 Å². The fourth-order valence-electron chi connectivity index (χ4n) is 4.46. The Balaban J connectivity index is 1.97. The summed E-state index contributed by atoms with van der Waals surface area (Å²) in [5, 5.41) is 3.54. The number of para-hydroxylation sites is 1. The van der Waals surface area contributed by atoms with Crippen molar-refractivity contribution in [2.24, 2.45) is 5.41 Å². The lowest BCUT2D eigenvalue weighted by Crippen LogP contribution is -2.43. The van der Waals surface area contributed by atoms with Gasteiger partial charge in [-0.3, -0.25) is 4.79 Å². The monoisotopic (exact) mass is 352 g/mol. The number of nitrogens with zero attached hydrogens (tertiary/aromatic N) is 1. The van der Waals surface area contributed by atoms with E-state index in [1.165, 1.54) is 10.8 Å². The Morgan fingerprint density at radius 3 is 2.37 bits per heavy atom. The molecule has 0 aliphatic heterocycles. The first kappa shape index (κ1) is 16.2. The van der Waals surface area contributed by atoms with E-state index in [0.29, 0.717) is 6.42 Å². The van der Waals surface area contributed by atoms with Crippen molar-refractivity contribution in [1.29, 1.82) is 0 Å². The standard InChI is InChI=1S/C25H22NO/c1-25(2)15-23-21(24(27)16-25)14-20-19-11-7-6-8-17(19)12-13-22(20)26(23)18-9-4-3-5-10-18/h3-14H,15-16H2,1-2H3/q+1. The number of ketones is 1. The molecule has 0 amide bonds. The number of fused-ring (bicyclic) bond motifs is 4. The van der Waals surface area contributed by atoms with Crippen LogP contribution in [0.2, 0.25) is 0 Å². The van der Waals surface area contributed by atoms with Crippen LogP contribution < -0.4 is 4.57 Å². The molecule has 0 fully saturated rings. The Morgan fingerprint density at radius 2 is 1.56 bits per heavy atom. The molecule has 0 spiro atoms. The zero-order valence-electron chi connectivity index (χ0n) is 15.7. The van der Waals surface area contributed by atoms with E-state index in [9.17, 15) is 4.79 Å². The van der Waals surface area contributed by atoms with E-state index in [1.807, 2.05) is 6.07 Å². The predicted molar refractivity (Wildman–Crippen MR) is 109 cm³/mol. The largest absolute Gasteiger partial charge is 0.294 e. The van der Waals surface area contributed by atoms with Gasteiger partial charge in [0.1, 0.15) is 0 Å². The molecule has 0 saturated heterocycles. The van der Waals surface area contributed by atoms with E-state index in [0.717, 1.165) is 34.3 Å². The van der Waals surface area contributed by atoms with Gasteiger partial charge in [0.15, 0.2) is 11.5 Å². The van der Waals surface area contributed by atoms with Crippen molar-refractivity contribution in [3.05, 3.63) is 84.1 Å². The van der Waals surface area contributed by atoms with Gasteiger partial charge in [-0.15, -0.1) is 0 Å². The third-order valence-corrected chi connectivity index (χ3v) is 5.66. The highest BCUT2D eigenvalue weighted by atomic mass is 16.1. The minimum atomic E-state index is -0.0227. The molecule has 0 bridgehead atoms. The molecule has 0 unspecified atom stereocenters. The van der Waals surface area contributed by atoms with Gasteiger partial charge in [0, 0.05) is 31.0 Å². The molecular formula is C25H22NO+. The SMILES string of the molecule is CC1(C)CC(=O)c2cc3c4ccccc4ccc3[n+](-c3ccccc3)c2C1. The molecular weight excluding hydrogens is 330 g/mol. The Kier molecular flexibility index (Phi) is 3.45. The molecule has 5 rings (SSSR count). The van der Waals surface area contributed by atoms with Gasteiger partial charge >= 0.3 is 0 Å². The van der Waals surface area contributed by atoms with Gasteiger partial charge in [0.05, 0.1) is 10.9 Å². The number of rotatable bonds is 1. The molecule has 3 aromatic carbocycles. The summed E-state index contributed by atoms with van der Waals surface area (Å²) < 4.78 is 2.30. The molecule has 1 aromatic heterocycles. The zero-order valence-corrected chi connectivity index (χ0v) is 15.7. The topological polar surface area (TPSA) is 20.9 Å². The number of aromatic nitrogens is 1. The van der Waals surface area contributed by atoms with E-state index in [1.54, 1.807) is 0 Å². The van der Waals surface area contributed by atoms with Crippen LogP contribution in [0.15, 0.2) is 72.8 Å². The fraction of sp³-hybridized carbons (Fsp3) is 0.200. The van der Waals surface area contributed by atoms with Crippen molar-refractivity contribution in [2.75, 3.05) is 0 Å². The van der Waals surface area contributed by atoms with Crippen LogP contribution in [0.4, 0.5) is 0 Å². The summed E-state index contributed by atoms with van der Waals surface area (Å²) in [7, 11) is 0. The summed E-state index contributed by atoms with van der Waals surface area (Å²) in [5.74, 6) is 0.251. The predicted octanol–water partition coefficient (Wildman–Crippen LogP) is 5.42. The van der Waals surface area contributed by atoms with E-state index in [-0.39, 0.29) is 11.2 Å². The maximum absolute atomic E-state index is 13.1. The summed E-state index contributed by atoms with van der Waals surface area (Å²) in [6, 6.07) is 25.3. The normalized spacial score (nSPS) is 15.9.